The van der Waals surface area contributed by atoms with E-state index < -0.39 is 0 Å². The molecule has 0 unspecified atom stereocenters. The molecule has 7 heteroatoms. The molecule has 0 radical (unpaired) electrons. The van der Waals surface area contributed by atoms with Crippen molar-refractivity contribution in [2.75, 3.05) is 31.1 Å². The maximum atomic E-state index is 13.1. The van der Waals surface area contributed by atoms with E-state index in [0.717, 1.165) is 44.1 Å². The summed E-state index contributed by atoms with van der Waals surface area (Å²) >= 11 is 0. The highest BCUT2D eigenvalue weighted by atomic mass is 16.2. The summed E-state index contributed by atoms with van der Waals surface area (Å²) in [7, 11) is 0. The van der Waals surface area contributed by atoms with Gasteiger partial charge in [-0.2, -0.15) is 5.10 Å². The minimum atomic E-state index is 0.0742. The van der Waals surface area contributed by atoms with Crippen LogP contribution in [0, 0.1) is 5.92 Å². The van der Waals surface area contributed by atoms with Gasteiger partial charge >= 0.3 is 0 Å². The van der Waals surface area contributed by atoms with Crippen molar-refractivity contribution in [1.29, 1.82) is 0 Å². The monoisotopic (exact) mass is 356 g/mol. The third-order valence-electron chi connectivity index (χ3n) is 4.58. The number of rotatable bonds is 5. The highest BCUT2D eigenvalue weighted by molar-refractivity contribution is 5.92. The third-order valence-corrected chi connectivity index (χ3v) is 4.58. The Morgan fingerprint density at radius 3 is 2.62 bits per heavy atom. The SMILES string of the molecule is CCn1nc(CC(C)C)cc1C(=O)N1CCCN(c2ncccn2)CC1. The lowest BCUT2D eigenvalue weighted by Gasteiger charge is -2.22. The van der Waals surface area contributed by atoms with Crippen LogP contribution >= 0.6 is 0 Å². The minimum Gasteiger partial charge on any atom is -0.339 e. The largest absolute Gasteiger partial charge is 0.339 e. The molecule has 26 heavy (non-hydrogen) atoms. The molecule has 7 nitrogen and oxygen atoms in total. The van der Waals surface area contributed by atoms with Gasteiger partial charge in [0.05, 0.1) is 5.69 Å². The topological polar surface area (TPSA) is 67.2 Å². The number of hydrogen-bond acceptors (Lipinski definition) is 5. The summed E-state index contributed by atoms with van der Waals surface area (Å²) in [5.74, 6) is 1.33. The van der Waals surface area contributed by atoms with E-state index in [1.165, 1.54) is 0 Å². The average Bonchev–Trinajstić information content (AvgIpc) is 2.88. The zero-order chi connectivity index (χ0) is 18.5. The van der Waals surface area contributed by atoms with Gasteiger partial charge in [0.2, 0.25) is 5.95 Å². The van der Waals surface area contributed by atoms with Crippen LogP contribution in [0.4, 0.5) is 5.95 Å². The number of amides is 1. The average molecular weight is 356 g/mol. The molecule has 1 fully saturated rings. The van der Waals surface area contributed by atoms with Crippen molar-refractivity contribution >= 4 is 11.9 Å². The smallest absolute Gasteiger partial charge is 0.272 e. The lowest BCUT2D eigenvalue weighted by atomic mass is 10.1. The number of nitrogens with zero attached hydrogens (tertiary/aromatic N) is 6. The normalized spacial score (nSPS) is 15.4. The van der Waals surface area contributed by atoms with Gasteiger partial charge in [-0.05, 0) is 37.8 Å². The van der Waals surface area contributed by atoms with Gasteiger partial charge in [0.15, 0.2) is 0 Å². The summed E-state index contributed by atoms with van der Waals surface area (Å²) in [5.41, 5.74) is 1.70. The molecule has 3 rings (SSSR count). The molecule has 2 aromatic heterocycles. The molecular weight excluding hydrogens is 328 g/mol. The Kier molecular flexibility index (Phi) is 5.85. The number of hydrogen-bond donors (Lipinski definition) is 0. The van der Waals surface area contributed by atoms with Crippen molar-refractivity contribution in [2.24, 2.45) is 5.92 Å². The van der Waals surface area contributed by atoms with Crippen LogP contribution < -0.4 is 4.90 Å². The molecule has 0 saturated carbocycles. The van der Waals surface area contributed by atoms with Crippen molar-refractivity contribution in [2.45, 2.75) is 40.2 Å². The molecule has 1 aliphatic heterocycles. The van der Waals surface area contributed by atoms with Gasteiger partial charge in [-0.15, -0.1) is 0 Å². The van der Waals surface area contributed by atoms with Crippen LogP contribution in [0.15, 0.2) is 24.5 Å². The minimum absolute atomic E-state index is 0.0742. The first kappa shape index (κ1) is 18.4. The maximum Gasteiger partial charge on any atom is 0.272 e. The molecule has 0 atom stereocenters. The van der Waals surface area contributed by atoms with Crippen LogP contribution in [0.3, 0.4) is 0 Å². The van der Waals surface area contributed by atoms with Crippen LogP contribution in [0.2, 0.25) is 0 Å². The molecule has 0 N–H and O–H groups in total. The van der Waals surface area contributed by atoms with E-state index in [-0.39, 0.29) is 5.91 Å². The van der Waals surface area contributed by atoms with Crippen LogP contribution in [-0.2, 0) is 13.0 Å². The van der Waals surface area contributed by atoms with Crippen molar-refractivity contribution in [1.82, 2.24) is 24.6 Å². The van der Waals surface area contributed by atoms with E-state index in [1.54, 1.807) is 12.4 Å². The van der Waals surface area contributed by atoms with Gasteiger partial charge in [-0.25, -0.2) is 9.97 Å². The lowest BCUT2D eigenvalue weighted by Crippen LogP contribution is -2.36. The fraction of sp³-hybridized carbons (Fsp3) is 0.579. The first-order valence-corrected chi connectivity index (χ1v) is 9.46. The van der Waals surface area contributed by atoms with E-state index >= 15 is 0 Å². The Balaban J connectivity index is 1.71. The second-order valence-electron chi connectivity index (χ2n) is 7.12. The molecule has 0 aliphatic carbocycles. The Bertz CT molecular complexity index is 727. The summed E-state index contributed by atoms with van der Waals surface area (Å²) < 4.78 is 1.84. The van der Waals surface area contributed by atoms with Crippen LogP contribution in [0.1, 0.15) is 43.4 Å². The molecule has 3 heterocycles. The fourth-order valence-electron chi connectivity index (χ4n) is 3.34. The Hall–Kier alpha value is -2.44. The predicted octanol–water partition coefficient (Wildman–Crippen LogP) is 2.24. The Morgan fingerprint density at radius 2 is 1.92 bits per heavy atom. The van der Waals surface area contributed by atoms with E-state index in [4.69, 9.17) is 0 Å². The molecule has 1 saturated heterocycles. The molecule has 0 aromatic carbocycles. The van der Waals surface area contributed by atoms with Gasteiger partial charge in [0.1, 0.15) is 5.69 Å². The van der Waals surface area contributed by atoms with Crippen LogP contribution in [0.5, 0.6) is 0 Å². The molecular formula is C19H28N6O. The summed E-state index contributed by atoms with van der Waals surface area (Å²) in [6.07, 6.45) is 5.31. The number of aromatic nitrogens is 4. The zero-order valence-corrected chi connectivity index (χ0v) is 15.9. The number of aryl methyl sites for hydroxylation is 1. The van der Waals surface area contributed by atoms with Crippen molar-refractivity contribution < 1.29 is 4.79 Å². The molecule has 1 aliphatic rings. The Labute approximate surface area is 155 Å². The number of carbonyl (C=O) groups excluding carboxylic acids is 1. The molecule has 2 aromatic rings. The number of carbonyl (C=O) groups is 1. The quantitative estimate of drug-likeness (QED) is 0.822. The van der Waals surface area contributed by atoms with Gasteiger partial charge < -0.3 is 9.80 Å². The summed E-state index contributed by atoms with van der Waals surface area (Å²) in [6, 6.07) is 3.78. The van der Waals surface area contributed by atoms with Gasteiger partial charge in [0, 0.05) is 45.1 Å². The van der Waals surface area contributed by atoms with Crippen molar-refractivity contribution in [3.8, 4) is 0 Å². The van der Waals surface area contributed by atoms with E-state index in [1.807, 2.05) is 28.6 Å². The third kappa shape index (κ3) is 4.20. The molecule has 0 spiro atoms. The van der Waals surface area contributed by atoms with Crippen LogP contribution in [-0.4, -0.2) is 56.7 Å². The van der Waals surface area contributed by atoms with Gasteiger partial charge in [-0.3, -0.25) is 9.48 Å². The van der Waals surface area contributed by atoms with Crippen LogP contribution in [0.25, 0.3) is 0 Å². The molecule has 140 valence electrons. The standard InChI is InChI=1S/C19H28N6O/c1-4-25-17(14-16(22-25)13-15(2)3)18(26)23-9-6-10-24(12-11-23)19-20-7-5-8-21-19/h5,7-8,14-15H,4,6,9-13H2,1-3H3. The predicted molar refractivity (Wildman–Crippen MR) is 101 cm³/mol. The zero-order valence-electron chi connectivity index (χ0n) is 15.9. The Morgan fingerprint density at radius 1 is 1.15 bits per heavy atom. The maximum absolute atomic E-state index is 13.1. The molecule has 0 bridgehead atoms. The highest BCUT2D eigenvalue weighted by Crippen LogP contribution is 2.15. The first-order valence-electron chi connectivity index (χ1n) is 9.46. The van der Waals surface area contributed by atoms with Gasteiger partial charge in [0.25, 0.3) is 5.91 Å². The second-order valence-corrected chi connectivity index (χ2v) is 7.12. The fourth-order valence-corrected chi connectivity index (χ4v) is 3.34. The summed E-state index contributed by atoms with van der Waals surface area (Å²) in [5, 5.41) is 4.61. The molecule has 1 amide bonds. The number of anilines is 1. The second kappa shape index (κ2) is 8.29. The van der Waals surface area contributed by atoms with E-state index in [2.05, 4.69) is 33.8 Å². The van der Waals surface area contributed by atoms with E-state index in [0.29, 0.717) is 24.7 Å². The van der Waals surface area contributed by atoms with Crippen molar-refractivity contribution in [3.63, 3.8) is 0 Å². The first-order chi connectivity index (χ1) is 12.6. The lowest BCUT2D eigenvalue weighted by molar-refractivity contribution is 0.0754. The van der Waals surface area contributed by atoms with E-state index in [9.17, 15) is 4.79 Å². The van der Waals surface area contributed by atoms with Gasteiger partial charge in [-0.1, -0.05) is 13.8 Å². The summed E-state index contributed by atoms with van der Waals surface area (Å²) in [6.45, 7) is 10.1. The summed E-state index contributed by atoms with van der Waals surface area (Å²) in [4.78, 5) is 25.8. The highest BCUT2D eigenvalue weighted by Gasteiger charge is 2.24. The van der Waals surface area contributed by atoms with Crippen molar-refractivity contribution in [3.05, 3.63) is 35.9 Å².